The number of aromatic amines is 1. The third-order valence-electron chi connectivity index (χ3n) is 5.18. The molecule has 0 fully saturated rings. The number of nitrogens with one attached hydrogen (secondary N) is 1. The lowest BCUT2D eigenvalue weighted by atomic mass is 10.2. The van der Waals surface area contributed by atoms with E-state index in [0.29, 0.717) is 38.9 Å². The van der Waals surface area contributed by atoms with E-state index in [1.807, 2.05) is 36.7 Å². The molecule has 0 aliphatic heterocycles. The summed E-state index contributed by atoms with van der Waals surface area (Å²) in [4.78, 5) is 41.9. The summed E-state index contributed by atoms with van der Waals surface area (Å²) in [5.74, 6) is 0.970. The number of hydrogen-bond donors (Lipinski definition) is 1. The summed E-state index contributed by atoms with van der Waals surface area (Å²) in [6.45, 7) is 8.10. The lowest BCUT2D eigenvalue weighted by molar-refractivity contribution is 0.672. The first kappa shape index (κ1) is 21.3. The third-order valence-corrected chi connectivity index (χ3v) is 9.05. The second-order valence-electron chi connectivity index (χ2n) is 7.17. The van der Waals surface area contributed by atoms with Crippen molar-refractivity contribution in [3.05, 3.63) is 72.5 Å². The number of aryl methyl sites for hydroxylation is 2. The maximum Gasteiger partial charge on any atom is 0.263 e. The first-order valence-corrected chi connectivity index (χ1v) is 13.3. The van der Waals surface area contributed by atoms with Crippen LogP contribution in [0.5, 0.6) is 0 Å². The Morgan fingerprint density at radius 1 is 1.19 bits per heavy atom. The van der Waals surface area contributed by atoms with E-state index >= 15 is 0 Å². The molecule has 0 aliphatic carbocycles. The number of thioether (sulfide) groups is 1. The lowest BCUT2D eigenvalue weighted by Gasteiger charge is -2.10. The van der Waals surface area contributed by atoms with Gasteiger partial charge in [0.25, 0.3) is 11.1 Å². The van der Waals surface area contributed by atoms with Gasteiger partial charge in [0.05, 0.1) is 16.5 Å². The van der Waals surface area contributed by atoms with Crippen LogP contribution in [0.1, 0.15) is 16.3 Å². The topological polar surface area (TPSA) is 80.6 Å². The fourth-order valence-electron chi connectivity index (χ4n) is 3.52. The molecule has 6 nitrogen and oxygen atoms in total. The molecule has 0 aliphatic rings. The van der Waals surface area contributed by atoms with Gasteiger partial charge in [0.2, 0.25) is 0 Å². The van der Waals surface area contributed by atoms with Crippen LogP contribution < -0.4 is 11.1 Å². The van der Waals surface area contributed by atoms with Gasteiger partial charge in [0, 0.05) is 27.2 Å². The number of rotatable bonds is 6. The van der Waals surface area contributed by atoms with Crippen LogP contribution in [-0.2, 0) is 12.3 Å². The monoisotopic (exact) mass is 498 g/mol. The fourth-order valence-corrected chi connectivity index (χ4v) is 7.25. The summed E-state index contributed by atoms with van der Waals surface area (Å²) in [7, 11) is 0. The van der Waals surface area contributed by atoms with Gasteiger partial charge in [-0.05, 0) is 30.9 Å². The van der Waals surface area contributed by atoms with Gasteiger partial charge in [-0.25, -0.2) is 9.97 Å². The number of H-pyrrole nitrogens is 1. The van der Waals surface area contributed by atoms with Crippen molar-refractivity contribution in [3.8, 4) is 10.4 Å². The SMILES string of the molecule is C=CCn1c(SCc2nc3sc(C)c(C)c3c(=O)[nH]2)nc2scc(-c3cccs3)c2c1=O. The zero-order valence-electron chi connectivity index (χ0n) is 17.3. The minimum Gasteiger partial charge on any atom is -0.309 e. The van der Waals surface area contributed by atoms with Gasteiger partial charge < -0.3 is 4.98 Å². The molecule has 0 bridgehead atoms. The quantitative estimate of drug-likeness (QED) is 0.188. The highest BCUT2D eigenvalue weighted by atomic mass is 32.2. The van der Waals surface area contributed by atoms with E-state index in [2.05, 4.69) is 16.5 Å². The molecule has 32 heavy (non-hydrogen) atoms. The second kappa shape index (κ2) is 8.43. The second-order valence-corrected chi connectivity index (χ2v) is 11.1. The van der Waals surface area contributed by atoms with E-state index < -0.39 is 0 Å². The minimum atomic E-state index is -0.127. The molecule has 5 aromatic heterocycles. The fraction of sp³-hybridized carbons (Fsp3) is 0.182. The number of nitrogens with zero attached hydrogens (tertiary/aromatic N) is 3. The molecule has 0 aromatic carbocycles. The number of hydrogen-bond acceptors (Lipinski definition) is 8. The molecule has 1 N–H and O–H groups in total. The van der Waals surface area contributed by atoms with Crippen molar-refractivity contribution in [2.24, 2.45) is 0 Å². The highest BCUT2D eigenvalue weighted by Crippen LogP contribution is 2.35. The Hall–Kier alpha value is -2.53. The van der Waals surface area contributed by atoms with Crippen molar-refractivity contribution in [1.82, 2.24) is 19.5 Å². The normalized spacial score (nSPS) is 11.6. The molecule has 0 atom stereocenters. The Morgan fingerprint density at radius 3 is 2.78 bits per heavy atom. The van der Waals surface area contributed by atoms with Gasteiger partial charge in [0.15, 0.2) is 5.16 Å². The van der Waals surface area contributed by atoms with Crippen LogP contribution in [0.15, 0.2) is 50.3 Å². The number of fused-ring (bicyclic) bond motifs is 2. The number of aromatic nitrogens is 4. The average molecular weight is 499 g/mol. The zero-order chi connectivity index (χ0) is 22.4. The van der Waals surface area contributed by atoms with Crippen molar-refractivity contribution in [2.75, 3.05) is 0 Å². The zero-order valence-corrected chi connectivity index (χ0v) is 20.6. The predicted molar refractivity (Wildman–Crippen MR) is 137 cm³/mol. The van der Waals surface area contributed by atoms with Crippen molar-refractivity contribution < 1.29 is 0 Å². The highest BCUT2D eigenvalue weighted by molar-refractivity contribution is 7.98. The van der Waals surface area contributed by atoms with Gasteiger partial charge in [-0.3, -0.25) is 14.2 Å². The van der Waals surface area contributed by atoms with Crippen molar-refractivity contribution in [1.29, 1.82) is 0 Å². The smallest absolute Gasteiger partial charge is 0.263 e. The van der Waals surface area contributed by atoms with Crippen molar-refractivity contribution >= 4 is 66.2 Å². The molecule has 0 unspecified atom stereocenters. The van der Waals surface area contributed by atoms with Crippen LogP contribution >= 0.6 is 45.8 Å². The van der Waals surface area contributed by atoms with E-state index in [1.54, 1.807) is 22.0 Å². The summed E-state index contributed by atoms with van der Waals surface area (Å²) in [5.41, 5.74) is 1.69. The van der Waals surface area contributed by atoms with Crippen LogP contribution in [0.4, 0.5) is 0 Å². The standard InChI is InChI=1S/C22H18N4O2S4/c1-4-7-26-21(28)17-13(14-6-5-8-29-14)9-30-19(17)25-22(26)31-10-15-23-18(27)16-11(2)12(3)32-20(16)24-15/h4-6,8-9H,1,7,10H2,2-3H3,(H,23,24,27). The molecule has 5 heterocycles. The third kappa shape index (κ3) is 3.57. The van der Waals surface area contributed by atoms with Gasteiger partial charge in [0.1, 0.15) is 15.5 Å². The van der Waals surface area contributed by atoms with E-state index in [-0.39, 0.29) is 11.1 Å². The Balaban J connectivity index is 1.55. The van der Waals surface area contributed by atoms with Gasteiger partial charge in [-0.2, -0.15) is 0 Å². The van der Waals surface area contributed by atoms with Crippen LogP contribution in [0.25, 0.3) is 30.9 Å². The van der Waals surface area contributed by atoms with Crippen molar-refractivity contribution in [3.63, 3.8) is 0 Å². The van der Waals surface area contributed by atoms with Gasteiger partial charge in [-0.1, -0.05) is 23.9 Å². The minimum absolute atomic E-state index is 0.0801. The largest absolute Gasteiger partial charge is 0.309 e. The maximum atomic E-state index is 13.4. The summed E-state index contributed by atoms with van der Waals surface area (Å²) in [6, 6.07) is 3.99. The average Bonchev–Trinajstić information content (AvgIpc) is 3.48. The molecule has 0 saturated heterocycles. The molecule has 0 amide bonds. The number of thiophene rings is 3. The predicted octanol–water partition coefficient (Wildman–Crippen LogP) is 5.58. The van der Waals surface area contributed by atoms with Crippen molar-refractivity contribution in [2.45, 2.75) is 31.3 Å². The molecule has 0 radical (unpaired) electrons. The Labute approximate surface area is 199 Å². The van der Waals surface area contributed by atoms with E-state index in [9.17, 15) is 9.59 Å². The lowest BCUT2D eigenvalue weighted by Crippen LogP contribution is -2.22. The molecule has 0 spiro atoms. The van der Waals surface area contributed by atoms with E-state index in [0.717, 1.165) is 25.7 Å². The number of allylic oxidation sites excluding steroid dienone is 1. The summed E-state index contributed by atoms with van der Waals surface area (Å²) < 4.78 is 1.64. The van der Waals surface area contributed by atoms with E-state index in [1.165, 1.54) is 34.4 Å². The van der Waals surface area contributed by atoms with Crippen LogP contribution in [-0.4, -0.2) is 19.5 Å². The molecule has 10 heteroatoms. The highest BCUT2D eigenvalue weighted by Gasteiger charge is 2.18. The first-order valence-electron chi connectivity index (χ1n) is 9.76. The molecular weight excluding hydrogens is 481 g/mol. The molecule has 0 saturated carbocycles. The Kier molecular flexibility index (Phi) is 5.62. The van der Waals surface area contributed by atoms with Gasteiger partial charge in [-0.15, -0.1) is 40.6 Å². The summed E-state index contributed by atoms with van der Waals surface area (Å²) >= 11 is 5.99. The van der Waals surface area contributed by atoms with Crippen LogP contribution in [0, 0.1) is 13.8 Å². The molecular formula is C22H18N4O2S4. The molecule has 5 aromatic rings. The molecule has 5 rings (SSSR count). The summed E-state index contributed by atoms with van der Waals surface area (Å²) in [6.07, 6.45) is 1.69. The Morgan fingerprint density at radius 2 is 2.03 bits per heavy atom. The maximum absolute atomic E-state index is 13.4. The first-order chi connectivity index (χ1) is 15.5. The van der Waals surface area contributed by atoms with Gasteiger partial charge >= 0.3 is 0 Å². The summed E-state index contributed by atoms with van der Waals surface area (Å²) in [5, 5.41) is 5.87. The van der Waals surface area contributed by atoms with Crippen LogP contribution in [0.3, 0.4) is 0 Å². The molecule has 162 valence electrons. The van der Waals surface area contributed by atoms with E-state index in [4.69, 9.17) is 4.98 Å². The van der Waals surface area contributed by atoms with Crippen LogP contribution in [0.2, 0.25) is 0 Å². The Bertz CT molecular complexity index is 1590.